The average Bonchev–Trinajstić information content (AvgIpc) is 2.25. The van der Waals surface area contributed by atoms with Gasteiger partial charge in [-0.1, -0.05) is 18.2 Å². The number of hydrogen-bond acceptors (Lipinski definition) is 3. The molecule has 0 aliphatic heterocycles. The van der Waals surface area contributed by atoms with Crippen molar-refractivity contribution in [2.24, 2.45) is 5.73 Å². The molecule has 2 N–H and O–H groups in total. The Morgan fingerprint density at radius 3 is 2.67 bits per heavy atom. The summed E-state index contributed by atoms with van der Waals surface area (Å²) in [6, 6.07) is 3.84. The van der Waals surface area contributed by atoms with E-state index in [0.29, 0.717) is 23.1 Å². The van der Waals surface area contributed by atoms with Crippen LogP contribution in [0.5, 0.6) is 11.5 Å². The highest BCUT2D eigenvalue weighted by Crippen LogP contribution is 2.36. The maximum Gasteiger partial charge on any atom is 0.180 e. The third-order valence-corrected chi connectivity index (χ3v) is 2.59. The minimum absolute atomic E-state index is 0.0768. The zero-order valence-corrected chi connectivity index (χ0v) is 11.9. The van der Waals surface area contributed by atoms with Gasteiger partial charge in [0.25, 0.3) is 0 Å². The molecular weight excluding hydrogens is 250 g/mol. The molecular formula is C14H20ClNO2. The summed E-state index contributed by atoms with van der Waals surface area (Å²) in [6.45, 7) is 8.05. The first-order valence-corrected chi connectivity index (χ1v) is 6.21. The van der Waals surface area contributed by atoms with E-state index in [-0.39, 0.29) is 6.04 Å². The van der Waals surface area contributed by atoms with Crippen LogP contribution in [0.25, 0.3) is 0 Å². The van der Waals surface area contributed by atoms with Crippen molar-refractivity contribution in [2.45, 2.75) is 26.3 Å². The number of rotatable bonds is 6. The lowest BCUT2D eigenvalue weighted by atomic mass is 10.1. The van der Waals surface area contributed by atoms with E-state index in [1.165, 1.54) is 0 Å². The molecule has 0 aliphatic carbocycles. The second kappa shape index (κ2) is 6.66. The van der Waals surface area contributed by atoms with Gasteiger partial charge in [0.05, 0.1) is 12.1 Å². The summed E-state index contributed by atoms with van der Waals surface area (Å²) in [4.78, 5) is 0. The molecule has 1 atom stereocenters. The monoisotopic (exact) mass is 269 g/mol. The Balaban J connectivity index is 3.00. The van der Waals surface area contributed by atoms with Crippen LogP contribution >= 0.6 is 11.6 Å². The van der Waals surface area contributed by atoms with Crippen molar-refractivity contribution < 1.29 is 9.47 Å². The molecule has 4 heteroatoms. The van der Waals surface area contributed by atoms with Crippen molar-refractivity contribution in [1.29, 1.82) is 0 Å². The Kier molecular flexibility index (Phi) is 5.51. The van der Waals surface area contributed by atoms with Gasteiger partial charge >= 0.3 is 0 Å². The van der Waals surface area contributed by atoms with Crippen molar-refractivity contribution in [3.05, 3.63) is 34.9 Å². The first-order chi connectivity index (χ1) is 8.43. The fourth-order valence-electron chi connectivity index (χ4n) is 1.60. The van der Waals surface area contributed by atoms with Crippen LogP contribution in [0.1, 0.15) is 19.4 Å². The predicted molar refractivity (Wildman–Crippen MR) is 75.7 cm³/mol. The van der Waals surface area contributed by atoms with Crippen molar-refractivity contribution in [3.63, 3.8) is 0 Å². The van der Waals surface area contributed by atoms with E-state index in [1.807, 2.05) is 26.0 Å². The number of hydrogen-bond donors (Lipinski definition) is 1. The normalized spacial score (nSPS) is 12.1. The summed E-state index contributed by atoms with van der Waals surface area (Å²) in [5.74, 6) is 1.18. The fourth-order valence-corrected chi connectivity index (χ4v) is 1.89. The molecule has 0 bridgehead atoms. The molecule has 100 valence electrons. The SMILES string of the molecule is C=C(C)COc1c(Cl)cc(CC(C)N)cc1OC. The molecule has 1 rings (SSSR count). The highest BCUT2D eigenvalue weighted by molar-refractivity contribution is 6.32. The van der Waals surface area contributed by atoms with E-state index >= 15 is 0 Å². The number of ether oxygens (including phenoxy) is 2. The molecule has 0 spiro atoms. The second-order valence-corrected chi connectivity index (χ2v) is 4.94. The zero-order chi connectivity index (χ0) is 13.7. The van der Waals surface area contributed by atoms with Gasteiger partial charge in [0, 0.05) is 6.04 Å². The van der Waals surface area contributed by atoms with Crippen LogP contribution in [-0.4, -0.2) is 19.8 Å². The summed E-state index contributed by atoms with van der Waals surface area (Å²) < 4.78 is 10.9. The van der Waals surface area contributed by atoms with E-state index in [9.17, 15) is 0 Å². The summed E-state index contributed by atoms with van der Waals surface area (Å²) >= 11 is 6.20. The third-order valence-electron chi connectivity index (χ3n) is 2.31. The van der Waals surface area contributed by atoms with Crippen molar-refractivity contribution in [3.8, 4) is 11.5 Å². The topological polar surface area (TPSA) is 44.5 Å². The Morgan fingerprint density at radius 2 is 2.17 bits per heavy atom. The molecule has 0 heterocycles. The van der Waals surface area contributed by atoms with Crippen LogP contribution in [0, 0.1) is 0 Å². The Hall–Kier alpha value is -1.19. The van der Waals surface area contributed by atoms with E-state index < -0.39 is 0 Å². The molecule has 0 saturated carbocycles. The lowest BCUT2D eigenvalue weighted by Gasteiger charge is -2.15. The molecule has 0 radical (unpaired) electrons. The number of nitrogens with two attached hydrogens (primary N) is 1. The van der Waals surface area contributed by atoms with Gasteiger partial charge in [0.15, 0.2) is 11.5 Å². The Bertz CT molecular complexity index is 430. The van der Waals surface area contributed by atoms with Crippen LogP contribution < -0.4 is 15.2 Å². The molecule has 1 unspecified atom stereocenters. The highest BCUT2D eigenvalue weighted by atomic mass is 35.5. The third kappa shape index (κ3) is 4.24. The molecule has 1 aromatic carbocycles. The van der Waals surface area contributed by atoms with E-state index in [0.717, 1.165) is 17.6 Å². The standard InChI is InChI=1S/C14H20ClNO2/c1-9(2)8-18-14-12(15)6-11(5-10(3)16)7-13(14)17-4/h6-7,10H,1,5,8,16H2,2-4H3. The summed E-state index contributed by atoms with van der Waals surface area (Å²) in [6.07, 6.45) is 0.747. The van der Waals surface area contributed by atoms with Crippen molar-refractivity contribution >= 4 is 11.6 Å². The summed E-state index contributed by atoms with van der Waals surface area (Å²) in [5, 5.41) is 0.534. The van der Waals surface area contributed by atoms with Crippen LogP contribution in [0.3, 0.4) is 0 Å². The minimum Gasteiger partial charge on any atom is -0.493 e. The van der Waals surface area contributed by atoms with E-state index in [4.69, 9.17) is 26.8 Å². The molecule has 0 aromatic heterocycles. The fraction of sp³-hybridized carbons (Fsp3) is 0.429. The van der Waals surface area contributed by atoms with Gasteiger partial charge in [-0.2, -0.15) is 0 Å². The van der Waals surface area contributed by atoms with Crippen LogP contribution in [0.4, 0.5) is 0 Å². The van der Waals surface area contributed by atoms with Gasteiger partial charge in [-0.25, -0.2) is 0 Å². The minimum atomic E-state index is 0.0768. The lowest BCUT2D eigenvalue weighted by Crippen LogP contribution is -2.17. The lowest BCUT2D eigenvalue weighted by molar-refractivity contribution is 0.319. The Morgan fingerprint density at radius 1 is 1.50 bits per heavy atom. The van der Waals surface area contributed by atoms with Gasteiger partial charge in [-0.3, -0.25) is 0 Å². The molecule has 0 fully saturated rings. The van der Waals surface area contributed by atoms with Gasteiger partial charge < -0.3 is 15.2 Å². The number of benzene rings is 1. The van der Waals surface area contributed by atoms with Gasteiger partial charge in [-0.05, 0) is 43.5 Å². The number of halogens is 1. The molecule has 0 saturated heterocycles. The molecule has 3 nitrogen and oxygen atoms in total. The largest absolute Gasteiger partial charge is 0.493 e. The van der Waals surface area contributed by atoms with Gasteiger partial charge in [0.2, 0.25) is 0 Å². The van der Waals surface area contributed by atoms with Gasteiger partial charge in [0.1, 0.15) is 6.61 Å². The zero-order valence-electron chi connectivity index (χ0n) is 11.1. The quantitative estimate of drug-likeness (QED) is 0.807. The second-order valence-electron chi connectivity index (χ2n) is 4.54. The van der Waals surface area contributed by atoms with Crippen LogP contribution in [0.2, 0.25) is 5.02 Å². The van der Waals surface area contributed by atoms with E-state index in [1.54, 1.807) is 7.11 Å². The smallest absolute Gasteiger partial charge is 0.180 e. The van der Waals surface area contributed by atoms with Crippen LogP contribution in [0.15, 0.2) is 24.3 Å². The molecule has 18 heavy (non-hydrogen) atoms. The summed E-state index contributed by atoms with van der Waals surface area (Å²) in [7, 11) is 1.59. The van der Waals surface area contributed by atoms with Gasteiger partial charge in [-0.15, -0.1) is 0 Å². The van der Waals surface area contributed by atoms with Crippen LogP contribution in [-0.2, 0) is 6.42 Å². The highest BCUT2D eigenvalue weighted by Gasteiger charge is 2.12. The maximum absolute atomic E-state index is 6.20. The first-order valence-electron chi connectivity index (χ1n) is 5.83. The molecule has 0 amide bonds. The average molecular weight is 270 g/mol. The van der Waals surface area contributed by atoms with Crippen molar-refractivity contribution in [1.82, 2.24) is 0 Å². The number of methoxy groups -OCH3 is 1. The predicted octanol–water partition coefficient (Wildman–Crippen LogP) is 3.19. The first kappa shape index (κ1) is 14.9. The molecule has 0 aliphatic rings. The summed E-state index contributed by atoms with van der Waals surface area (Å²) in [5.41, 5.74) is 7.74. The molecule has 1 aromatic rings. The Labute approximate surface area is 114 Å². The maximum atomic E-state index is 6.20. The van der Waals surface area contributed by atoms with E-state index in [2.05, 4.69) is 6.58 Å². The van der Waals surface area contributed by atoms with Crippen molar-refractivity contribution in [2.75, 3.05) is 13.7 Å².